The number of rotatable bonds is 21. The first-order chi connectivity index (χ1) is 33.9. The van der Waals surface area contributed by atoms with Crippen molar-refractivity contribution in [3.8, 4) is 44.5 Å². The molecule has 0 saturated heterocycles. The van der Waals surface area contributed by atoms with Crippen molar-refractivity contribution in [2.24, 2.45) is 21.1 Å². The van der Waals surface area contributed by atoms with Gasteiger partial charge in [-0.05, 0) is 77.2 Å². The molecule has 0 amide bonds. The molecular formula is C61H72N8+4. The molecule has 2 aliphatic rings. The predicted molar refractivity (Wildman–Crippen MR) is 284 cm³/mol. The second kappa shape index (κ2) is 23.0. The number of nitrogens with zero attached hydrogens (tertiary/aromatic N) is 6. The molecule has 0 aromatic carbocycles. The van der Waals surface area contributed by atoms with Gasteiger partial charge in [-0.3, -0.25) is 0 Å². The summed E-state index contributed by atoms with van der Waals surface area (Å²) in [5, 5.41) is 0. The van der Waals surface area contributed by atoms with Crippen molar-refractivity contribution in [2.45, 2.75) is 116 Å². The first-order valence-corrected chi connectivity index (χ1v) is 25.9. The summed E-state index contributed by atoms with van der Waals surface area (Å²) in [5.41, 5.74) is 16.1. The van der Waals surface area contributed by atoms with E-state index in [-0.39, 0.29) is 0 Å². The van der Waals surface area contributed by atoms with E-state index in [2.05, 4.69) is 196 Å². The highest BCUT2D eigenvalue weighted by Crippen LogP contribution is 2.38. The average Bonchev–Trinajstić information content (AvgIpc) is 4.22. The Morgan fingerprint density at radius 3 is 0.884 bits per heavy atom. The minimum atomic E-state index is 0.900. The molecule has 8 bridgehead atoms. The third-order valence-electron chi connectivity index (χ3n) is 14.0. The van der Waals surface area contributed by atoms with E-state index in [1.165, 1.54) is 103 Å². The Balaban J connectivity index is 1.04. The van der Waals surface area contributed by atoms with E-state index in [4.69, 9.17) is 9.97 Å². The minimum Gasteiger partial charge on any atom is -0.354 e. The van der Waals surface area contributed by atoms with E-state index in [0.29, 0.717) is 0 Å². The largest absolute Gasteiger partial charge is 0.354 e. The van der Waals surface area contributed by atoms with Crippen LogP contribution in [0.1, 0.15) is 132 Å². The SMILES string of the molecule is CCCCCCCCCCCCCCCCCC[n+]1ccc(-c2c3nc(c(-c4cc[n+](C)cc4)c4ccc([nH]4)c(-c4cc[n+](C)cc4)c4nc(c(-c5cc[n+](C)cc5)c5ccc2[nH]5)C=C4)C=C3)cc1. The molecule has 352 valence electrons. The molecule has 7 aromatic heterocycles. The van der Waals surface area contributed by atoms with E-state index >= 15 is 0 Å². The normalized spacial score (nSPS) is 12.1. The summed E-state index contributed by atoms with van der Waals surface area (Å²) in [6.07, 6.45) is 47.9. The van der Waals surface area contributed by atoms with Gasteiger partial charge in [0.1, 0.15) is 27.7 Å². The third-order valence-corrected chi connectivity index (χ3v) is 14.0. The fourth-order valence-electron chi connectivity index (χ4n) is 10.0. The van der Waals surface area contributed by atoms with Gasteiger partial charge >= 0.3 is 0 Å². The maximum absolute atomic E-state index is 5.52. The molecule has 0 saturated carbocycles. The second-order valence-corrected chi connectivity index (χ2v) is 19.4. The summed E-state index contributed by atoms with van der Waals surface area (Å²) >= 11 is 0. The first kappa shape index (κ1) is 47.3. The second-order valence-electron chi connectivity index (χ2n) is 19.4. The van der Waals surface area contributed by atoms with Gasteiger partial charge in [-0.2, -0.15) is 0 Å². The summed E-state index contributed by atoms with van der Waals surface area (Å²) < 4.78 is 8.55. The molecule has 0 aliphatic carbocycles. The van der Waals surface area contributed by atoms with Crippen molar-refractivity contribution in [1.29, 1.82) is 0 Å². The number of H-pyrrole nitrogens is 2. The van der Waals surface area contributed by atoms with Crippen molar-refractivity contribution >= 4 is 46.4 Å². The molecule has 69 heavy (non-hydrogen) atoms. The molecule has 7 aromatic rings. The van der Waals surface area contributed by atoms with Crippen molar-refractivity contribution in [3.05, 3.63) is 145 Å². The van der Waals surface area contributed by atoms with Gasteiger partial charge in [-0.15, -0.1) is 0 Å². The summed E-state index contributed by atoms with van der Waals surface area (Å²) in [6, 6.07) is 26.3. The van der Waals surface area contributed by atoms with E-state index < -0.39 is 0 Å². The van der Waals surface area contributed by atoms with Gasteiger partial charge in [0.15, 0.2) is 49.6 Å². The topological polar surface area (TPSA) is 72.9 Å². The molecule has 0 unspecified atom stereocenters. The smallest absolute Gasteiger partial charge is 0.169 e. The van der Waals surface area contributed by atoms with Gasteiger partial charge in [-0.1, -0.05) is 96.8 Å². The Hall–Kier alpha value is -6.80. The highest BCUT2D eigenvalue weighted by atomic mass is 14.9. The number of pyridine rings is 4. The van der Waals surface area contributed by atoms with Crippen LogP contribution in [0.15, 0.2) is 122 Å². The Morgan fingerprint density at radius 2 is 0.594 bits per heavy atom. The maximum Gasteiger partial charge on any atom is 0.169 e. The van der Waals surface area contributed by atoms with Crippen LogP contribution in [-0.4, -0.2) is 19.9 Å². The zero-order valence-electron chi connectivity index (χ0n) is 41.6. The lowest BCUT2D eigenvalue weighted by Crippen LogP contribution is -2.32. The zero-order valence-corrected chi connectivity index (χ0v) is 41.6. The number of fused-ring (bicyclic) bond motifs is 8. The van der Waals surface area contributed by atoms with E-state index in [0.717, 1.165) is 95.9 Å². The van der Waals surface area contributed by atoms with Gasteiger partial charge in [0, 0.05) is 99.3 Å². The Morgan fingerprint density at radius 1 is 0.333 bits per heavy atom. The van der Waals surface area contributed by atoms with Gasteiger partial charge in [-0.25, -0.2) is 28.2 Å². The molecule has 9 heterocycles. The molecule has 0 radical (unpaired) electrons. The van der Waals surface area contributed by atoms with Crippen LogP contribution in [0.25, 0.3) is 90.9 Å². The molecule has 0 atom stereocenters. The average molecular weight is 917 g/mol. The minimum absolute atomic E-state index is 0.900. The van der Waals surface area contributed by atoms with Crippen LogP contribution < -0.4 is 18.3 Å². The van der Waals surface area contributed by atoms with Crippen molar-refractivity contribution in [1.82, 2.24) is 19.9 Å². The maximum atomic E-state index is 5.52. The highest BCUT2D eigenvalue weighted by Gasteiger charge is 2.20. The Bertz CT molecular complexity index is 3000. The summed E-state index contributed by atoms with van der Waals surface area (Å²) in [5.74, 6) is 0. The predicted octanol–water partition coefficient (Wildman–Crippen LogP) is 13.3. The molecule has 0 fully saturated rings. The van der Waals surface area contributed by atoms with Gasteiger partial charge in [0.2, 0.25) is 0 Å². The number of aromatic nitrogens is 8. The molecule has 8 heteroatoms. The van der Waals surface area contributed by atoms with E-state index in [9.17, 15) is 0 Å². The molecule has 0 spiro atoms. The van der Waals surface area contributed by atoms with Crippen molar-refractivity contribution < 1.29 is 18.3 Å². The van der Waals surface area contributed by atoms with Gasteiger partial charge in [0.25, 0.3) is 0 Å². The lowest BCUT2D eigenvalue weighted by atomic mass is 10.0. The van der Waals surface area contributed by atoms with Crippen LogP contribution in [0.5, 0.6) is 0 Å². The van der Waals surface area contributed by atoms with Crippen LogP contribution >= 0.6 is 0 Å². The van der Waals surface area contributed by atoms with E-state index in [1.807, 2.05) is 7.05 Å². The van der Waals surface area contributed by atoms with Crippen LogP contribution in [0.3, 0.4) is 0 Å². The lowest BCUT2D eigenvalue weighted by Gasteiger charge is -2.06. The molecule has 2 aliphatic heterocycles. The highest BCUT2D eigenvalue weighted by molar-refractivity contribution is 5.99. The molecule has 9 rings (SSSR count). The monoisotopic (exact) mass is 917 g/mol. The van der Waals surface area contributed by atoms with Gasteiger partial charge < -0.3 is 9.97 Å². The number of hydrogen-bond acceptors (Lipinski definition) is 2. The van der Waals surface area contributed by atoms with Crippen LogP contribution in [-0.2, 0) is 27.7 Å². The standard InChI is InChI=1S/C61H71N8/c1-5-6-7-8-9-10-11-12-13-14-15-16-17-18-19-20-37-69-44-35-49(36-45-69)61-56-27-25-54(64-56)59(47-31-40-67(3)41-32-47)52-23-21-50(62-52)58(46-29-38-66(2)39-30-46)51-22-24-53(63-51)60(55-26-28-57(61)65-55)48-33-42-68(4)43-34-48/h21-36,38-45H,5-20,37H2,1-4H3,(H,62,63,64,65)/q+3/p+1. The van der Waals surface area contributed by atoms with Crippen molar-refractivity contribution in [3.63, 3.8) is 0 Å². The van der Waals surface area contributed by atoms with Crippen LogP contribution in [0, 0.1) is 0 Å². The summed E-state index contributed by atoms with van der Waals surface area (Å²) in [6.45, 7) is 3.32. The number of unbranched alkanes of at least 4 members (excludes halogenated alkanes) is 15. The summed E-state index contributed by atoms with van der Waals surface area (Å²) in [4.78, 5) is 18.8. The fraction of sp³-hybridized carbons (Fsp3) is 0.344. The van der Waals surface area contributed by atoms with Crippen LogP contribution in [0.4, 0.5) is 0 Å². The molecular weight excluding hydrogens is 845 g/mol. The Labute approximate surface area is 409 Å². The number of aromatic amines is 2. The Kier molecular flexibility index (Phi) is 15.8. The summed E-state index contributed by atoms with van der Waals surface area (Å²) in [7, 11) is 6.16. The molecule has 8 nitrogen and oxygen atoms in total. The first-order valence-electron chi connectivity index (χ1n) is 25.9. The lowest BCUT2D eigenvalue weighted by molar-refractivity contribution is -0.697. The fourth-order valence-corrected chi connectivity index (χ4v) is 10.0. The van der Waals surface area contributed by atoms with Gasteiger partial charge in [0.05, 0.1) is 22.8 Å². The third kappa shape index (κ3) is 11.7. The van der Waals surface area contributed by atoms with Crippen LogP contribution in [0.2, 0.25) is 0 Å². The zero-order chi connectivity index (χ0) is 47.4. The quantitative estimate of drug-likeness (QED) is 0.0557. The number of hydrogen-bond donors (Lipinski definition) is 2. The number of aryl methyl sites for hydroxylation is 4. The number of nitrogens with one attached hydrogen (secondary N) is 2. The molecule has 2 N–H and O–H groups in total. The van der Waals surface area contributed by atoms with Crippen molar-refractivity contribution in [2.75, 3.05) is 0 Å². The van der Waals surface area contributed by atoms with E-state index in [1.54, 1.807) is 0 Å².